The molecule has 2 aromatic carbocycles. The molecule has 1 saturated carbocycles. The third-order valence-corrected chi connectivity index (χ3v) is 6.26. The van der Waals surface area contributed by atoms with E-state index >= 15 is 0 Å². The maximum absolute atomic E-state index is 13.4. The Bertz CT molecular complexity index is 1010. The lowest BCUT2D eigenvalue weighted by Crippen LogP contribution is -2.53. The first-order chi connectivity index (χ1) is 14.6. The van der Waals surface area contributed by atoms with Crippen LogP contribution in [0.4, 0.5) is 8.78 Å². The largest absolute Gasteiger partial charge is 0.380 e. The lowest BCUT2D eigenvalue weighted by molar-refractivity contribution is -0.143. The van der Waals surface area contributed by atoms with Gasteiger partial charge in [0, 0.05) is 47.9 Å². The van der Waals surface area contributed by atoms with E-state index in [2.05, 4.69) is 0 Å². The summed E-state index contributed by atoms with van der Waals surface area (Å²) in [5.74, 6) is -0.443. The van der Waals surface area contributed by atoms with Gasteiger partial charge in [0.1, 0.15) is 5.60 Å². The smallest absolute Gasteiger partial charge is 0.348 e. The van der Waals surface area contributed by atoms with Crippen LogP contribution in [0, 0.1) is 0 Å². The van der Waals surface area contributed by atoms with Crippen molar-refractivity contribution in [1.29, 1.82) is 0 Å². The summed E-state index contributed by atoms with van der Waals surface area (Å²) in [6.07, 6.45) is 0.986. The molecule has 0 unspecified atom stereocenters. The fourth-order valence-corrected chi connectivity index (χ4v) is 3.98. The lowest BCUT2D eigenvalue weighted by Gasteiger charge is -2.35. The highest BCUT2D eigenvalue weighted by atomic mass is 35.5. The summed E-state index contributed by atoms with van der Waals surface area (Å²) in [7, 11) is 0. The Morgan fingerprint density at radius 1 is 0.968 bits per heavy atom. The van der Waals surface area contributed by atoms with Crippen LogP contribution < -0.4 is 0 Å². The summed E-state index contributed by atoms with van der Waals surface area (Å²) in [6, 6.07) is 10.3. The van der Waals surface area contributed by atoms with Crippen molar-refractivity contribution in [1.82, 2.24) is 9.80 Å². The van der Waals surface area contributed by atoms with Crippen molar-refractivity contribution in [2.24, 2.45) is 0 Å². The molecule has 0 aromatic heterocycles. The zero-order valence-corrected chi connectivity index (χ0v) is 18.0. The molecule has 31 heavy (non-hydrogen) atoms. The number of aliphatic hydroxyl groups is 1. The monoisotopic (exact) mass is 468 g/mol. The van der Waals surface area contributed by atoms with Gasteiger partial charge in [-0.3, -0.25) is 9.59 Å². The van der Waals surface area contributed by atoms with Crippen LogP contribution >= 0.6 is 23.2 Å². The number of benzene rings is 2. The van der Waals surface area contributed by atoms with Gasteiger partial charge in [0.15, 0.2) is 0 Å². The van der Waals surface area contributed by atoms with Crippen molar-refractivity contribution in [3.63, 3.8) is 0 Å². The molecule has 0 bridgehead atoms. The van der Waals surface area contributed by atoms with E-state index in [9.17, 15) is 23.5 Å². The molecule has 0 radical (unpaired) electrons. The van der Waals surface area contributed by atoms with Crippen LogP contribution in [0.1, 0.15) is 28.8 Å². The number of halogens is 4. The van der Waals surface area contributed by atoms with Crippen LogP contribution in [0.3, 0.4) is 0 Å². The molecule has 2 amide bonds. The molecule has 1 N–H and O–H groups in total. The van der Waals surface area contributed by atoms with Gasteiger partial charge in [0.25, 0.3) is 11.8 Å². The topological polar surface area (TPSA) is 60.9 Å². The molecular weight excluding hydrogens is 449 g/mol. The minimum Gasteiger partial charge on any atom is -0.380 e. The molecule has 9 heteroatoms. The lowest BCUT2D eigenvalue weighted by atomic mass is 10.0. The average molecular weight is 469 g/mol. The van der Waals surface area contributed by atoms with Crippen LogP contribution in [0.2, 0.25) is 5.02 Å². The van der Waals surface area contributed by atoms with Crippen molar-refractivity contribution >= 4 is 35.0 Å². The van der Waals surface area contributed by atoms with Crippen LogP contribution in [0.15, 0.2) is 42.5 Å². The van der Waals surface area contributed by atoms with Crippen LogP contribution in [0.25, 0.3) is 11.1 Å². The summed E-state index contributed by atoms with van der Waals surface area (Å²) in [5, 5.41) is 6.76. The molecule has 1 saturated heterocycles. The SMILES string of the molecule is O=C(c1ccc(-c2cc(C(F)(F)Cl)ccc2Cl)cc1)N1CCN(C(=O)C2(O)CC2)CC1. The summed E-state index contributed by atoms with van der Waals surface area (Å²) < 4.78 is 26.9. The number of carbonyl (C=O) groups excluding carboxylic acids is 2. The Balaban J connectivity index is 1.44. The summed E-state index contributed by atoms with van der Waals surface area (Å²) in [6.45, 7) is 1.50. The maximum atomic E-state index is 13.4. The van der Waals surface area contributed by atoms with Gasteiger partial charge in [-0.1, -0.05) is 29.8 Å². The Labute approximate surface area is 188 Å². The number of piperazine rings is 1. The summed E-state index contributed by atoms with van der Waals surface area (Å²) in [5.41, 5.74) is -0.147. The average Bonchev–Trinajstić information content (AvgIpc) is 3.51. The number of hydrogen-bond acceptors (Lipinski definition) is 3. The standard InChI is InChI=1S/C22H20Cl2F2N2O3/c23-18-6-5-16(22(24,25)26)13-17(18)14-1-3-15(4-2-14)19(29)27-9-11-28(12-10-27)20(30)21(31)7-8-21/h1-6,13,31H,7-12H2. The van der Waals surface area contributed by atoms with E-state index in [0.29, 0.717) is 60.7 Å². The van der Waals surface area contributed by atoms with E-state index < -0.39 is 11.0 Å². The van der Waals surface area contributed by atoms with Crippen molar-refractivity contribution in [2.45, 2.75) is 23.8 Å². The molecular formula is C22H20Cl2F2N2O3. The molecule has 5 nitrogen and oxygen atoms in total. The Hall–Kier alpha value is -2.22. The zero-order valence-electron chi connectivity index (χ0n) is 16.5. The van der Waals surface area contributed by atoms with E-state index in [1.54, 1.807) is 34.1 Å². The van der Waals surface area contributed by atoms with Gasteiger partial charge in [-0.25, -0.2) is 0 Å². The van der Waals surface area contributed by atoms with Gasteiger partial charge in [-0.2, -0.15) is 8.78 Å². The maximum Gasteiger partial charge on any atom is 0.348 e. The third kappa shape index (κ3) is 4.54. The normalized spacial score (nSPS) is 18.1. The molecule has 0 spiro atoms. The molecule has 4 rings (SSSR count). The van der Waals surface area contributed by atoms with Gasteiger partial charge in [-0.15, -0.1) is 0 Å². The van der Waals surface area contributed by atoms with E-state index in [1.807, 2.05) is 0 Å². The first-order valence-corrected chi connectivity index (χ1v) is 10.6. The highest BCUT2D eigenvalue weighted by Crippen LogP contribution is 2.38. The van der Waals surface area contributed by atoms with E-state index in [1.165, 1.54) is 18.2 Å². The number of alkyl halides is 3. The Kier molecular flexibility index (Phi) is 5.70. The Morgan fingerprint density at radius 3 is 2.10 bits per heavy atom. The van der Waals surface area contributed by atoms with E-state index in [0.717, 1.165) is 0 Å². The molecule has 2 aliphatic rings. The molecule has 1 aliphatic carbocycles. The first kappa shape index (κ1) is 22.0. The minimum atomic E-state index is -3.51. The van der Waals surface area contributed by atoms with Gasteiger partial charge >= 0.3 is 5.38 Å². The van der Waals surface area contributed by atoms with E-state index in [4.69, 9.17) is 23.2 Å². The molecule has 0 atom stereocenters. The fourth-order valence-electron chi connectivity index (χ4n) is 3.64. The molecule has 2 aromatic rings. The third-order valence-electron chi connectivity index (χ3n) is 5.71. The van der Waals surface area contributed by atoms with Crippen molar-refractivity contribution in [2.75, 3.05) is 26.2 Å². The van der Waals surface area contributed by atoms with Crippen molar-refractivity contribution in [3.05, 3.63) is 58.6 Å². The molecule has 164 valence electrons. The predicted octanol–water partition coefficient (Wildman–Crippen LogP) is 4.10. The fraction of sp³-hybridized carbons (Fsp3) is 0.364. The van der Waals surface area contributed by atoms with Crippen LogP contribution in [-0.2, 0) is 10.2 Å². The number of rotatable bonds is 4. The number of carbonyl (C=O) groups is 2. The molecule has 2 fully saturated rings. The second-order valence-corrected chi connectivity index (χ2v) is 8.77. The van der Waals surface area contributed by atoms with Crippen LogP contribution in [0.5, 0.6) is 0 Å². The van der Waals surface area contributed by atoms with Gasteiger partial charge in [0.2, 0.25) is 0 Å². The number of nitrogens with zero attached hydrogens (tertiary/aromatic N) is 2. The second-order valence-electron chi connectivity index (χ2n) is 7.89. The highest BCUT2D eigenvalue weighted by Gasteiger charge is 2.50. The van der Waals surface area contributed by atoms with Crippen molar-refractivity contribution < 1.29 is 23.5 Å². The second kappa shape index (κ2) is 8.04. The van der Waals surface area contributed by atoms with Gasteiger partial charge in [-0.05, 0) is 54.3 Å². The minimum absolute atomic E-state index is 0.184. The summed E-state index contributed by atoms with van der Waals surface area (Å²) >= 11 is 11.3. The predicted molar refractivity (Wildman–Crippen MR) is 113 cm³/mol. The zero-order chi connectivity index (χ0) is 22.4. The van der Waals surface area contributed by atoms with E-state index in [-0.39, 0.29) is 17.4 Å². The number of hydrogen-bond donors (Lipinski definition) is 1. The van der Waals surface area contributed by atoms with Crippen LogP contribution in [-0.4, -0.2) is 58.5 Å². The number of amides is 2. The quantitative estimate of drug-likeness (QED) is 0.686. The van der Waals surface area contributed by atoms with Gasteiger partial charge < -0.3 is 14.9 Å². The Morgan fingerprint density at radius 2 is 1.55 bits per heavy atom. The highest BCUT2D eigenvalue weighted by molar-refractivity contribution is 6.33. The van der Waals surface area contributed by atoms with Crippen molar-refractivity contribution in [3.8, 4) is 11.1 Å². The summed E-state index contributed by atoms with van der Waals surface area (Å²) in [4.78, 5) is 28.3. The molecule has 1 aliphatic heterocycles. The molecule has 1 heterocycles. The first-order valence-electron chi connectivity index (χ1n) is 9.87. The van der Waals surface area contributed by atoms with Gasteiger partial charge in [0.05, 0.1) is 0 Å².